The Labute approximate surface area is 131 Å². The molecule has 0 saturated heterocycles. The van der Waals surface area contributed by atoms with Crippen LogP contribution in [0, 0.1) is 0 Å². The summed E-state index contributed by atoms with van der Waals surface area (Å²) >= 11 is 8.94. The van der Waals surface area contributed by atoms with Crippen molar-refractivity contribution in [3.05, 3.63) is 57.3 Å². The highest BCUT2D eigenvalue weighted by Crippen LogP contribution is 2.34. The third-order valence-electron chi connectivity index (χ3n) is 2.52. The number of amides is 1. The maximum atomic E-state index is 12.6. The summed E-state index contributed by atoms with van der Waals surface area (Å²) in [5.41, 5.74) is -0.984. The van der Waals surface area contributed by atoms with Crippen LogP contribution in [0.4, 0.5) is 18.9 Å². The molecule has 1 aromatic heterocycles. The second kappa shape index (κ2) is 6.03. The molecule has 2 aromatic rings. The van der Waals surface area contributed by atoms with Crippen LogP contribution in [0.5, 0.6) is 0 Å². The number of benzene rings is 1. The van der Waals surface area contributed by atoms with Gasteiger partial charge in [0, 0.05) is 10.7 Å². The number of aromatic nitrogens is 1. The average molecular weight is 380 g/mol. The summed E-state index contributed by atoms with van der Waals surface area (Å²) < 4.78 is 38.4. The maximum absolute atomic E-state index is 12.6. The Morgan fingerprint density at radius 3 is 2.62 bits per heavy atom. The molecule has 0 unspecified atom stereocenters. The Kier molecular flexibility index (Phi) is 4.53. The van der Waals surface area contributed by atoms with Crippen molar-refractivity contribution in [1.82, 2.24) is 4.98 Å². The van der Waals surface area contributed by atoms with E-state index in [9.17, 15) is 18.0 Å². The molecule has 8 heteroatoms. The van der Waals surface area contributed by atoms with Crippen LogP contribution in [0.2, 0.25) is 5.02 Å². The highest BCUT2D eigenvalue weighted by atomic mass is 79.9. The number of anilines is 1. The molecular formula is C13H7BrClF3N2O. The van der Waals surface area contributed by atoms with Crippen molar-refractivity contribution < 1.29 is 18.0 Å². The predicted octanol–water partition coefficient (Wildman–Crippen LogP) is 4.77. The lowest BCUT2D eigenvalue weighted by Crippen LogP contribution is -2.15. The summed E-state index contributed by atoms with van der Waals surface area (Å²) in [5, 5.41) is 2.32. The van der Waals surface area contributed by atoms with E-state index in [-0.39, 0.29) is 16.4 Å². The zero-order chi connectivity index (χ0) is 15.6. The Morgan fingerprint density at radius 2 is 2.00 bits per heavy atom. The molecule has 1 heterocycles. The molecule has 0 bridgehead atoms. The smallest absolute Gasteiger partial charge is 0.319 e. The summed E-state index contributed by atoms with van der Waals surface area (Å²) in [6, 6.07) is 5.90. The monoisotopic (exact) mass is 378 g/mol. The van der Waals surface area contributed by atoms with Crippen LogP contribution in [0.3, 0.4) is 0 Å². The van der Waals surface area contributed by atoms with Crippen LogP contribution < -0.4 is 5.32 Å². The average Bonchev–Trinajstić information content (AvgIpc) is 2.40. The SMILES string of the molecule is O=C(Nc1cc(C(F)(F)F)ccc1Cl)c1ncccc1Br. The fraction of sp³-hybridized carbons (Fsp3) is 0.0769. The first-order valence-electron chi connectivity index (χ1n) is 5.57. The number of rotatable bonds is 2. The molecular weight excluding hydrogens is 373 g/mol. The van der Waals surface area contributed by atoms with Gasteiger partial charge in [-0.05, 0) is 46.3 Å². The lowest BCUT2D eigenvalue weighted by Gasteiger charge is -2.11. The van der Waals surface area contributed by atoms with Gasteiger partial charge in [0.25, 0.3) is 5.91 Å². The van der Waals surface area contributed by atoms with Crippen LogP contribution in [0.25, 0.3) is 0 Å². The number of nitrogens with zero attached hydrogens (tertiary/aromatic N) is 1. The topological polar surface area (TPSA) is 42.0 Å². The van der Waals surface area contributed by atoms with E-state index in [1.807, 2.05) is 0 Å². The molecule has 0 radical (unpaired) electrons. The molecule has 1 N–H and O–H groups in total. The fourth-order valence-corrected chi connectivity index (χ4v) is 2.13. The van der Waals surface area contributed by atoms with E-state index in [4.69, 9.17) is 11.6 Å². The predicted molar refractivity (Wildman–Crippen MR) is 76.3 cm³/mol. The summed E-state index contributed by atoms with van der Waals surface area (Å²) in [7, 11) is 0. The van der Waals surface area contributed by atoms with E-state index in [2.05, 4.69) is 26.2 Å². The van der Waals surface area contributed by atoms with Gasteiger partial charge >= 0.3 is 6.18 Å². The van der Waals surface area contributed by atoms with Crippen molar-refractivity contribution in [2.24, 2.45) is 0 Å². The quantitative estimate of drug-likeness (QED) is 0.817. The van der Waals surface area contributed by atoms with Crippen LogP contribution in [-0.2, 0) is 6.18 Å². The zero-order valence-corrected chi connectivity index (χ0v) is 12.6. The first-order chi connectivity index (χ1) is 9.79. The number of hydrogen-bond donors (Lipinski definition) is 1. The van der Waals surface area contributed by atoms with E-state index in [1.54, 1.807) is 12.1 Å². The van der Waals surface area contributed by atoms with Gasteiger partial charge < -0.3 is 5.32 Å². The number of hydrogen-bond acceptors (Lipinski definition) is 2. The van der Waals surface area contributed by atoms with Gasteiger partial charge in [0.15, 0.2) is 0 Å². The van der Waals surface area contributed by atoms with Crippen LogP contribution in [0.15, 0.2) is 41.0 Å². The molecule has 0 spiro atoms. The Morgan fingerprint density at radius 1 is 1.29 bits per heavy atom. The van der Waals surface area contributed by atoms with Gasteiger partial charge in [-0.1, -0.05) is 11.6 Å². The first kappa shape index (κ1) is 15.8. The minimum atomic E-state index is -4.52. The zero-order valence-electron chi connectivity index (χ0n) is 10.2. The van der Waals surface area contributed by atoms with Crippen LogP contribution in [-0.4, -0.2) is 10.9 Å². The second-order valence-corrected chi connectivity index (χ2v) is 5.24. The lowest BCUT2D eigenvalue weighted by atomic mass is 10.2. The first-order valence-corrected chi connectivity index (χ1v) is 6.75. The Bertz CT molecular complexity index is 691. The number of pyridine rings is 1. The molecule has 0 aliphatic heterocycles. The molecule has 1 aromatic carbocycles. The summed E-state index contributed by atoms with van der Waals surface area (Å²) in [5.74, 6) is -0.663. The fourth-order valence-electron chi connectivity index (χ4n) is 1.53. The van der Waals surface area contributed by atoms with Crippen molar-refractivity contribution in [3.8, 4) is 0 Å². The van der Waals surface area contributed by atoms with Crippen molar-refractivity contribution in [1.29, 1.82) is 0 Å². The molecule has 3 nitrogen and oxygen atoms in total. The van der Waals surface area contributed by atoms with Crippen LogP contribution >= 0.6 is 27.5 Å². The van der Waals surface area contributed by atoms with E-state index >= 15 is 0 Å². The number of nitrogens with one attached hydrogen (secondary N) is 1. The van der Waals surface area contributed by atoms with Gasteiger partial charge in [0.05, 0.1) is 16.3 Å². The molecule has 110 valence electrons. The third kappa shape index (κ3) is 3.74. The van der Waals surface area contributed by atoms with E-state index in [0.29, 0.717) is 4.47 Å². The summed E-state index contributed by atoms with van der Waals surface area (Å²) in [4.78, 5) is 15.9. The largest absolute Gasteiger partial charge is 0.416 e. The normalized spacial score (nSPS) is 11.3. The highest BCUT2D eigenvalue weighted by Gasteiger charge is 2.31. The van der Waals surface area contributed by atoms with E-state index < -0.39 is 17.6 Å². The van der Waals surface area contributed by atoms with E-state index in [0.717, 1.165) is 18.2 Å². The molecule has 0 fully saturated rings. The van der Waals surface area contributed by atoms with Crippen molar-refractivity contribution in [3.63, 3.8) is 0 Å². The van der Waals surface area contributed by atoms with Crippen molar-refractivity contribution in [2.45, 2.75) is 6.18 Å². The molecule has 0 aliphatic carbocycles. The van der Waals surface area contributed by atoms with Gasteiger partial charge in [-0.3, -0.25) is 4.79 Å². The maximum Gasteiger partial charge on any atom is 0.416 e. The number of carbonyl (C=O) groups is 1. The van der Waals surface area contributed by atoms with Crippen molar-refractivity contribution >= 4 is 39.1 Å². The summed E-state index contributed by atoms with van der Waals surface area (Å²) in [6.45, 7) is 0. The lowest BCUT2D eigenvalue weighted by molar-refractivity contribution is -0.137. The molecule has 0 aliphatic rings. The third-order valence-corrected chi connectivity index (χ3v) is 3.48. The van der Waals surface area contributed by atoms with Gasteiger partial charge in [-0.2, -0.15) is 13.2 Å². The van der Waals surface area contributed by atoms with Crippen LogP contribution in [0.1, 0.15) is 16.1 Å². The minimum Gasteiger partial charge on any atom is -0.319 e. The Hall–Kier alpha value is -1.60. The number of halogens is 5. The van der Waals surface area contributed by atoms with Gasteiger partial charge in [0.1, 0.15) is 5.69 Å². The molecule has 0 atom stereocenters. The molecule has 21 heavy (non-hydrogen) atoms. The highest BCUT2D eigenvalue weighted by molar-refractivity contribution is 9.10. The summed E-state index contributed by atoms with van der Waals surface area (Å²) in [6.07, 6.45) is -3.12. The van der Waals surface area contributed by atoms with Gasteiger partial charge in [-0.25, -0.2) is 4.98 Å². The molecule has 2 rings (SSSR count). The van der Waals surface area contributed by atoms with Crippen molar-refractivity contribution in [2.75, 3.05) is 5.32 Å². The molecule has 1 amide bonds. The number of alkyl halides is 3. The number of carbonyl (C=O) groups excluding carboxylic acids is 1. The second-order valence-electron chi connectivity index (χ2n) is 3.98. The van der Waals surface area contributed by atoms with Gasteiger partial charge in [0.2, 0.25) is 0 Å². The minimum absolute atomic E-state index is 0.00315. The Balaban J connectivity index is 2.31. The molecule has 0 saturated carbocycles. The standard InChI is InChI=1S/C13H7BrClF3N2O/c14-8-2-1-5-19-11(8)12(21)20-10-6-7(13(16,17)18)3-4-9(10)15/h1-6H,(H,20,21). The van der Waals surface area contributed by atoms with Gasteiger partial charge in [-0.15, -0.1) is 0 Å². The van der Waals surface area contributed by atoms with E-state index in [1.165, 1.54) is 6.20 Å².